The summed E-state index contributed by atoms with van der Waals surface area (Å²) in [4.78, 5) is 22.3. The number of phenols is 2. The summed E-state index contributed by atoms with van der Waals surface area (Å²) in [5.74, 6) is -1.99. The Hall–Kier alpha value is -2.28. The Morgan fingerprint density at radius 3 is 2.52 bits per heavy atom. The van der Waals surface area contributed by atoms with E-state index >= 15 is 0 Å². The fourth-order valence-electron chi connectivity index (χ4n) is 1.82. The molecular formula is C14H20N2O5. The van der Waals surface area contributed by atoms with E-state index in [9.17, 15) is 19.8 Å². The molecule has 0 aliphatic rings. The van der Waals surface area contributed by atoms with Gasteiger partial charge in [0, 0.05) is 13.0 Å². The highest BCUT2D eigenvalue weighted by molar-refractivity contribution is 5.81. The first-order valence-electron chi connectivity index (χ1n) is 6.55. The molecule has 2 atom stereocenters. The molecule has 1 amide bonds. The van der Waals surface area contributed by atoms with E-state index in [0.717, 1.165) is 0 Å². The number of carboxylic acid groups (broad SMARTS) is 1. The molecule has 0 aliphatic carbocycles. The molecule has 0 aliphatic heterocycles. The van der Waals surface area contributed by atoms with E-state index in [-0.39, 0.29) is 42.7 Å². The summed E-state index contributed by atoms with van der Waals surface area (Å²) in [6.07, 6.45) is 0.175. The highest BCUT2D eigenvalue weighted by Crippen LogP contribution is 2.25. The van der Waals surface area contributed by atoms with E-state index in [0.29, 0.717) is 5.56 Å². The normalized spacial score (nSPS) is 13.4. The molecule has 0 spiro atoms. The van der Waals surface area contributed by atoms with Crippen molar-refractivity contribution in [3.05, 3.63) is 23.8 Å². The molecular weight excluding hydrogens is 276 g/mol. The molecule has 0 fully saturated rings. The summed E-state index contributed by atoms with van der Waals surface area (Å²) >= 11 is 0. The Morgan fingerprint density at radius 2 is 1.95 bits per heavy atom. The number of phenolic OH excluding ortho intramolecular Hbond substituents is 2. The molecule has 0 saturated carbocycles. The number of carbonyl (C=O) groups excluding carboxylic acids is 1. The molecule has 0 aromatic heterocycles. The highest BCUT2D eigenvalue weighted by atomic mass is 16.4. The van der Waals surface area contributed by atoms with Gasteiger partial charge >= 0.3 is 5.97 Å². The molecule has 7 nitrogen and oxygen atoms in total. The number of aliphatic carboxylic acids is 1. The van der Waals surface area contributed by atoms with Crippen molar-refractivity contribution in [2.24, 2.45) is 11.7 Å². The molecule has 1 aromatic rings. The van der Waals surface area contributed by atoms with Crippen LogP contribution in [0, 0.1) is 5.92 Å². The second-order valence-corrected chi connectivity index (χ2v) is 5.08. The fourth-order valence-corrected chi connectivity index (χ4v) is 1.82. The van der Waals surface area contributed by atoms with Gasteiger partial charge in [-0.2, -0.15) is 0 Å². The third-order valence-electron chi connectivity index (χ3n) is 2.98. The average molecular weight is 296 g/mol. The predicted octanol–water partition coefficient (Wildman–Crippen LogP) is 0.195. The third-order valence-corrected chi connectivity index (χ3v) is 2.98. The highest BCUT2D eigenvalue weighted by Gasteiger charge is 2.16. The van der Waals surface area contributed by atoms with Crippen LogP contribution in [0.5, 0.6) is 11.5 Å². The van der Waals surface area contributed by atoms with Crippen LogP contribution in [0.15, 0.2) is 18.2 Å². The van der Waals surface area contributed by atoms with Crippen LogP contribution < -0.4 is 11.1 Å². The lowest BCUT2D eigenvalue weighted by molar-refractivity contribution is -0.138. The Labute approximate surface area is 122 Å². The van der Waals surface area contributed by atoms with Crippen LogP contribution in [0.2, 0.25) is 0 Å². The van der Waals surface area contributed by atoms with Crippen molar-refractivity contribution in [1.82, 2.24) is 5.32 Å². The molecule has 1 aromatic carbocycles. The van der Waals surface area contributed by atoms with Crippen molar-refractivity contribution in [3.8, 4) is 11.5 Å². The molecule has 0 heterocycles. The van der Waals surface area contributed by atoms with Crippen LogP contribution in [0.25, 0.3) is 0 Å². The van der Waals surface area contributed by atoms with Crippen LogP contribution in [0.3, 0.4) is 0 Å². The largest absolute Gasteiger partial charge is 0.504 e. The van der Waals surface area contributed by atoms with E-state index < -0.39 is 12.0 Å². The number of benzene rings is 1. The summed E-state index contributed by atoms with van der Waals surface area (Å²) < 4.78 is 0. The minimum Gasteiger partial charge on any atom is -0.504 e. The zero-order valence-corrected chi connectivity index (χ0v) is 11.7. The Kier molecular flexibility index (Phi) is 5.98. The summed E-state index contributed by atoms with van der Waals surface area (Å²) in [5, 5.41) is 29.8. The third kappa shape index (κ3) is 5.70. The van der Waals surface area contributed by atoms with Gasteiger partial charge in [0.1, 0.15) is 0 Å². The molecule has 1 rings (SSSR count). The quantitative estimate of drug-likeness (QED) is 0.456. The molecule has 116 valence electrons. The number of nitrogens with one attached hydrogen (secondary N) is 1. The van der Waals surface area contributed by atoms with Crippen molar-refractivity contribution in [2.75, 3.05) is 6.54 Å². The summed E-state index contributed by atoms with van der Waals surface area (Å²) in [6.45, 7) is 1.96. The maximum absolute atomic E-state index is 11.8. The van der Waals surface area contributed by atoms with Gasteiger partial charge in [-0.05, 0) is 30.0 Å². The Balaban J connectivity index is 2.47. The Morgan fingerprint density at radius 1 is 1.29 bits per heavy atom. The smallest absolute Gasteiger partial charge is 0.303 e. The molecule has 1 unspecified atom stereocenters. The van der Waals surface area contributed by atoms with Crippen molar-refractivity contribution in [3.63, 3.8) is 0 Å². The van der Waals surface area contributed by atoms with E-state index in [1.54, 1.807) is 13.0 Å². The molecule has 21 heavy (non-hydrogen) atoms. The van der Waals surface area contributed by atoms with Gasteiger partial charge in [-0.3, -0.25) is 9.59 Å². The van der Waals surface area contributed by atoms with E-state index in [1.807, 2.05) is 0 Å². The summed E-state index contributed by atoms with van der Waals surface area (Å²) in [7, 11) is 0. The minimum atomic E-state index is -0.916. The van der Waals surface area contributed by atoms with Crippen LogP contribution >= 0.6 is 0 Å². The SMILES string of the molecule is CC(CNC(=O)[C@@H](N)Cc1ccc(O)c(O)c1)CC(=O)O. The average Bonchev–Trinajstić information content (AvgIpc) is 2.39. The number of rotatable bonds is 7. The second-order valence-electron chi connectivity index (χ2n) is 5.08. The van der Waals surface area contributed by atoms with Gasteiger partial charge in [0.15, 0.2) is 11.5 Å². The molecule has 0 radical (unpaired) electrons. The van der Waals surface area contributed by atoms with Crippen LogP contribution in [-0.4, -0.2) is 39.8 Å². The topological polar surface area (TPSA) is 133 Å². The van der Waals surface area contributed by atoms with Gasteiger partial charge in [-0.25, -0.2) is 0 Å². The van der Waals surface area contributed by atoms with Crippen LogP contribution in [0.4, 0.5) is 0 Å². The van der Waals surface area contributed by atoms with Crippen molar-refractivity contribution < 1.29 is 24.9 Å². The van der Waals surface area contributed by atoms with E-state index in [1.165, 1.54) is 12.1 Å². The molecule has 0 saturated heterocycles. The second kappa shape index (κ2) is 7.49. The van der Waals surface area contributed by atoms with Gasteiger partial charge < -0.3 is 26.4 Å². The van der Waals surface area contributed by atoms with Crippen molar-refractivity contribution in [1.29, 1.82) is 0 Å². The monoisotopic (exact) mass is 296 g/mol. The number of hydrogen-bond donors (Lipinski definition) is 5. The lowest BCUT2D eigenvalue weighted by Gasteiger charge is -2.15. The lowest BCUT2D eigenvalue weighted by atomic mass is 10.0. The number of hydrogen-bond acceptors (Lipinski definition) is 5. The number of nitrogens with two attached hydrogens (primary N) is 1. The minimum absolute atomic E-state index is 0.0264. The number of aromatic hydroxyl groups is 2. The first-order valence-corrected chi connectivity index (χ1v) is 6.55. The number of amides is 1. The zero-order valence-electron chi connectivity index (χ0n) is 11.7. The number of carbonyl (C=O) groups is 2. The number of carboxylic acids is 1. The molecule has 6 N–H and O–H groups in total. The zero-order chi connectivity index (χ0) is 16.0. The van der Waals surface area contributed by atoms with Gasteiger partial charge in [0.25, 0.3) is 0 Å². The first kappa shape index (κ1) is 16.8. The lowest BCUT2D eigenvalue weighted by Crippen LogP contribution is -2.43. The Bertz CT molecular complexity index is 518. The predicted molar refractivity (Wildman–Crippen MR) is 75.9 cm³/mol. The van der Waals surface area contributed by atoms with Gasteiger partial charge in [0.05, 0.1) is 6.04 Å². The standard InChI is InChI=1S/C14H20N2O5/c1-8(4-13(19)20)7-16-14(21)10(15)5-9-2-3-11(17)12(18)6-9/h2-3,6,8,10,17-18H,4-5,7,15H2,1H3,(H,16,21)(H,19,20)/t8?,10-/m0/s1. The van der Waals surface area contributed by atoms with Gasteiger partial charge in [-0.1, -0.05) is 13.0 Å². The molecule has 0 bridgehead atoms. The van der Waals surface area contributed by atoms with Crippen LogP contribution in [0.1, 0.15) is 18.9 Å². The summed E-state index contributed by atoms with van der Waals surface area (Å²) in [5.41, 5.74) is 6.37. The van der Waals surface area contributed by atoms with Gasteiger partial charge in [0.2, 0.25) is 5.91 Å². The summed E-state index contributed by atoms with van der Waals surface area (Å²) in [6, 6.07) is 3.42. The van der Waals surface area contributed by atoms with E-state index in [4.69, 9.17) is 10.8 Å². The molecule has 7 heteroatoms. The van der Waals surface area contributed by atoms with Crippen molar-refractivity contribution >= 4 is 11.9 Å². The van der Waals surface area contributed by atoms with Crippen molar-refractivity contribution in [2.45, 2.75) is 25.8 Å². The van der Waals surface area contributed by atoms with E-state index in [2.05, 4.69) is 5.32 Å². The fraction of sp³-hybridized carbons (Fsp3) is 0.429. The first-order chi connectivity index (χ1) is 9.79. The van der Waals surface area contributed by atoms with Crippen LogP contribution in [-0.2, 0) is 16.0 Å². The maximum Gasteiger partial charge on any atom is 0.303 e. The maximum atomic E-state index is 11.8. The van der Waals surface area contributed by atoms with Gasteiger partial charge in [-0.15, -0.1) is 0 Å².